The third-order valence-electron chi connectivity index (χ3n) is 6.00. The van der Waals surface area contributed by atoms with E-state index in [9.17, 15) is 13.2 Å². The van der Waals surface area contributed by atoms with Crippen LogP contribution in [0.4, 0.5) is 10.5 Å². The number of hydrogen-bond acceptors (Lipinski definition) is 4. The fraction of sp³-hybridized carbons (Fsp3) is 0.435. The highest BCUT2D eigenvalue weighted by Crippen LogP contribution is 2.38. The normalized spacial score (nSPS) is 16.0. The van der Waals surface area contributed by atoms with Gasteiger partial charge in [0.25, 0.3) is 0 Å². The Kier molecular flexibility index (Phi) is 6.11. The van der Waals surface area contributed by atoms with Crippen LogP contribution >= 0.6 is 0 Å². The summed E-state index contributed by atoms with van der Waals surface area (Å²) in [5.41, 5.74) is 6.67. The van der Waals surface area contributed by atoms with Crippen molar-refractivity contribution in [3.05, 3.63) is 64.2 Å². The Bertz CT molecular complexity index is 1000. The molecule has 30 heavy (non-hydrogen) atoms. The van der Waals surface area contributed by atoms with Crippen LogP contribution < -0.4 is 15.4 Å². The second-order valence-electron chi connectivity index (χ2n) is 8.09. The lowest BCUT2D eigenvalue weighted by molar-refractivity contribution is 0.256. The third kappa shape index (κ3) is 4.52. The lowest BCUT2D eigenvalue weighted by Crippen LogP contribution is -2.40. The van der Waals surface area contributed by atoms with Gasteiger partial charge in [-0.2, -0.15) is 0 Å². The van der Waals surface area contributed by atoms with E-state index in [1.54, 1.807) is 0 Å². The number of aryl methyl sites for hydroxylation is 2. The zero-order chi connectivity index (χ0) is 21.1. The van der Waals surface area contributed by atoms with Crippen molar-refractivity contribution in [1.82, 2.24) is 10.0 Å². The molecule has 2 aliphatic carbocycles. The smallest absolute Gasteiger partial charge is 0.309 e. The zero-order valence-electron chi connectivity index (χ0n) is 17.3. The van der Waals surface area contributed by atoms with Gasteiger partial charge in [0.05, 0.1) is 5.75 Å². The van der Waals surface area contributed by atoms with Crippen LogP contribution in [0.1, 0.15) is 53.6 Å². The summed E-state index contributed by atoms with van der Waals surface area (Å²) < 4.78 is 27.7. The summed E-state index contributed by atoms with van der Waals surface area (Å²) in [6.07, 6.45) is 6.07. The fourth-order valence-electron chi connectivity index (χ4n) is 4.71. The van der Waals surface area contributed by atoms with E-state index in [2.05, 4.69) is 21.4 Å². The molecule has 0 bridgehead atoms. The molecule has 3 N–H and O–H groups in total. The highest BCUT2D eigenvalue weighted by atomic mass is 32.2. The number of carbonyl (C=O) groups is 1. The molecule has 160 valence electrons. The second kappa shape index (κ2) is 8.78. The first-order chi connectivity index (χ1) is 14.5. The summed E-state index contributed by atoms with van der Waals surface area (Å²) in [7, 11) is -3.82. The lowest BCUT2D eigenvalue weighted by atomic mass is 9.99. The largest absolute Gasteiger partial charge is 0.332 e. The molecule has 0 aliphatic heterocycles. The average molecular weight is 428 g/mol. The molecule has 0 radical (unpaired) electrons. The summed E-state index contributed by atoms with van der Waals surface area (Å²) in [5.74, 6) is -0.205. The van der Waals surface area contributed by atoms with Crippen molar-refractivity contribution >= 4 is 21.7 Å². The number of hydrogen-bond donors (Lipinski definition) is 3. The van der Waals surface area contributed by atoms with Crippen LogP contribution in [0.2, 0.25) is 0 Å². The van der Waals surface area contributed by atoms with E-state index < -0.39 is 16.1 Å². The predicted octanol–water partition coefficient (Wildman–Crippen LogP) is 3.47. The van der Waals surface area contributed by atoms with Gasteiger partial charge in [0.15, 0.2) is 0 Å². The van der Waals surface area contributed by atoms with Gasteiger partial charge in [-0.3, -0.25) is 0 Å². The van der Waals surface area contributed by atoms with Gasteiger partial charge in [-0.15, -0.1) is 0 Å². The van der Waals surface area contributed by atoms with Gasteiger partial charge in [0.2, 0.25) is 10.0 Å². The number of amides is 2. The molecule has 2 aliphatic rings. The Balaban J connectivity index is 1.49. The van der Waals surface area contributed by atoms with Crippen LogP contribution in [-0.4, -0.2) is 26.7 Å². The Morgan fingerprint density at radius 3 is 2.23 bits per heavy atom. The summed E-state index contributed by atoms with van der Waals surface area (Å²) in [5, 5.41) is 6.09. The van der Waals surface area contributed by atoms with E-state index in [-0.39, 0.29) is 11.8 Å². The first-order valence-electron chi connectivity index (χ1n) is 10.7. The molecule has 0 heterocycles. The average Bonchev–Trinajstić information content (AvgIpc) is 3.37. The summed E-state index contributed by atoms with van der Waals surface area (Å²) >= 11 is 0. The van der Waals surface area contributed by atoms with Crippen LogP contribution in [0.15, 0.2) is 36.4 Å². The van der Waals surface area contributed by atoms with Crippen molar-refractivity contribution in [3.8, 4) is 0 Å². The minimum atomic E-state index is -3.82. The van der Waals surface area contributed by atoms with E-state index in [1.165, 1.54) is 22.3 Å². The lowest BCUT2D eigenvalue weighted by Gasteiger charge is -2.20. The predicted molar refractivity (Wildman–Crippen MR) is 119 cm³/mol. The molecule has 1 unspecified atom stereocenters. The molecular weight excluding hydrogens is 398 g/mol. The molecule has 0 spiro atoms. The Labute approximate surface area is 178 Å². The molecule has 2 aromatic rings. The molecule has 0 saturated carbocycles. The fourth-order valence-corrected chi connectivity index (χ4v) is 5.88. The van der Waals surface area contributed by atoms with Crippen molar-refractivity contribution in [1.29, 1.82) is 0 Å². The van der Waals surface area contributed by atoms with Gasteiger partial charge >= 0.3 is 6.03 Å². The van der Waals surface area contributed by atoms with Crippen molar-refractivity contribution in [2.75, 3.05) is 17.6 Å². The van der Waals surface area contributed by atoms with Crippen LogP contribution in [0, 0.1) is 0 Å². The highest BCUT2D eigenvalue weighted by Gasteiger charge is 2.27. The van der Waals surface area contributed by atoms with Crippen molar-refractivity contribution < 1.29 is 13.2 Å². The van der Waals surface area contributed by atoms with Crippen LogP contribution in [0.3, 0.4) is 0 Å². The first kappa shape index (κ1) is 20.9. The van der Waals surface area contributed by atoms with Crippen LogP contribution in [0.25, 0.3) is 0 Å². The highest BCUT2D eigenvalue weighted by molar-refractivity contribution is 7.90. The Morgan fingerprint density at radius 2 is 1.63 bits per heavy atom. The van der Waals surface area contributed by atoms with Gasteiger partial charge in [0.1, 0.15) is 0 Å². The number of nitrogens with one attached hydrogen (secondary N) is 3. The molecule has 0 fully saturated rings. The quantitative estimate of drug-likeness (QED) is 0.631. The number of fused-ring (bicyclic) bond motifs is 2. The number of rotatable bonds is 7. The first-order valence-corrected chi connectivity index (χ1v) is 12.4. The summed E-state index contributed by atoms with van der Waals surface area (Å²) in [6, 6.07) is 10.7. The number of anilines is 1. The standard InChI is InChI=1S/C23H29N3O3S/c1-2-24-21(16-8-4-3-5-9-16)15-30(28,29)26-23(27)25-22-19-12-6-10-17(19)14-18-11-7-13-20(18)22/h3-5,8-9,14,21,24H,2,6-7,10-13,15H2,1H3,(H2,25,26,27). The van der Waals surface area contributed by atoms with Crippen LogP contribution in [-0.2, 0) is 35.7 Å². The maximum Gasteiger partial charge on any atom is 0.332 e. The molecule has 2 amide bonds. The number of urea groups is 1. The van der Waals surface area contributed by atoms with E-state index in [4.69, 9.17) is 0 Å². The number of sulfonamides is 1. The number of benzene rings is 2. The van der Waals surface area contributed by atoms with Gasteiger partial charge in [-0.05, 0) is 72.9 Å². The molecule has 0 saturated heterocycles. The van der Waals surface area contributed by atoms with Gasteiger partial charge < -0.3 is 10.6 Å². The topological polar surface area (TPSA) is 87.3 Å². The van der Waals surface area contributed by atoms with E-state index in [0.29, 0.717) is 6.54 Å². The minimum absolute atomic E-state index is 0.205. The molecule has 4 rings (SSSR count). The van der Waals surface area contributed by atoms with E-state index in [1.807, 2.05) is 37.3 Å². The third-order valence-corrected chi connectivity index (χ3v) is 7.27. The van der Waals surface area contributed by atoms with Gasteiger partial charge in [0, 0.05) is 11.7 Å². The molecular formula is C23H29N3O3S. The minimum Gasteiger partial charge on any atom is -0.309 e. The Hall–Kier alpha value is -2.38. The maximum atomic E-state index is 12.7. The van der Waals surface area contributed by atoms with Crippen LogP contribution in [0.5, 0.6) is 0 Å². The zero-order valence-corrected chi connectivity index (χ0v) is 18.1. The second-order valence-corrected chi connectivity index (χ2v) is 9.86. The monoisotopic (exact) mass is 427 g/mol. The van der Waals surface area contributed by atoms with Crippen molar-refractivity contribution in [2.45, 2.75) is 51.5 Å². The van der Waals surface area contributed by atoms with Gasteiger partial charge in [-0.25, -0.2) is 17.9 Å². The van der Waals surface area contributed by atoms with Crippen molar-refractivity contribution in [2.24, 2.45) is 0 Å². The SMILES string of the molecule is CCNC(CS(=O)(=O)NC(=O)Nc1c2c(cc3c1CCC3)CCC2)c1ccccc1. The van der Waals surface area contributed by atoms with Gasteiger partial charge in [-0.1, -0.05) is 43.3 Å². The molecule has 6 nitrogen and oxygen atoms in total. The molecule has 1 atom stereocenters. The molecule has 2 aromatic carbocycles. The maximum absolute atomic E-state index is 12.7. The van der Waals surface area contributed by atoms with Crippen molar-refractivity contribution in [3.63, 3.8) is 0 Å². The summed E-state index contributed by atoms with van der Waals surface area (Å²) in [6.45, 7) is 2.56. The molecule has 0 aromatic heterocycles. The number of carbonyl (C=O) groups excluding carboxylic acids is 1. The van der Waals surface area contributed by atoms with E-state index in [0.717, 1.165) is 49.8 Å². The summed E-state index contributed by atoms with van der Waals surface area (Å²) in [4.78, 5) is 12.7. The molecule has 7 heteroatoms. The van der Waals surface area contributed by atoms with E-state index >= 15 is 0 Å². The Morgan fingerprint density at radius 1 is 1.00 bits per heavy atom.